The molecule has 2 N–H and O–H groups in total. The molecule has 1 atom stereocenters. The van der Waals surface area contributed by atoms with Crippen molar-refractivity contribution in [3.63, 3.8) is 0 Å². The number of guanidine groups is 1. The van der Waals surface area contributed by atoms with E-state index in [0.29, 0.717) is 12.6 Å². The number of likely N-dealkylation sites (tertiary alicyclic amines) is 1. The highest BCUT2D eigenvalue weighted by Gasteiger charge is 2.22. The molecule has 1 unspecified atom stereocenters. The molecule has 1 heterocycles. The van der Waals surface area contributed by atoms with Crippen LogP contribution in [0.4, 0.5) is 0 Å². The highest BCUT2D eigenvalue weighted by Crippen LogP contribution is 2.15. The Balaban J connectivity index is 0.00000264. The second kappa shape index (κ2) is 11.5. The molecule has 0 radical (unpaired) electrons. The van der Waals surface area contributed by atoms with Crippen molar-refractivity contribution in [3.8, 4) is 5.75 Å². The Labute approximate surface area is 156 Å². The van der Waals surface area contributed by atoms with Gasteiger partial charge in [-0.05, 0) is 38.1 Å². The van der Waals surface area contributed by atoms with Crippen molar-refractivity contribution >= 4 is 29.9 Å². The molecule has 0 aromatic heterocycles. The van der Waals surface area contributed by atoms with E-state index in [0.717, 1.165) is 31.3 Å². The Hall–Kier alpha value is -1.02. The van der Waals surface area contributed by atoms with E-state index in [1.807, 2.05) is 30.3 Å². The van der Waals surface area contributed by atoms with E-state index >= 15 is 0 Å². The van der Waals surface area contributed by atoms with Gasteiger partial charge in [-0.25, -0.2) is 0 Å². The minimum Gasteiger partial charge on any atom is -0.492 e. The lowest BCUT2D eigenvalue weighted by Gasteiger charge is -2.24. The number of halogens is 1. The molecule has 0 spiro atoms. The lowest BCUT2D eigenvalue weighted by atomic mass is 10.2. The summed E-state index contributed by atoms with van der Waals surface area (Å²) in [5, 5.41) is 6.71. The van der Waals surface area contributed by atoms with Crippen LogP contribution in [0.3, 0.4) is 0 Å². The lowest BCUT2D eigenvalue weighted by molar-refractivity contribution is 0.266. The molecule has 1 aromatic carbocycles. The number of benzene rings is 1. The van der Waals surface area contributed by atoms with E-state index in [-0.39, 0.29) is 24.0 Å². The van der Waals surface area contributed by atoms with Gasteiger partial charge in [0.05, 0.1) is 6.54 Å². The molecule has 2 rings (SSSR count). The van der Waals surface area contributed by atoms with Crippen LogP contribution < -0.4 is 15.4 Å². The van der Waals surface area contributed by atoms with Gasteiger partial charge in [0.1, 0.15) is 12.4 Å². The van der Waals surface area contributed by atoms with Crippen LogP contribution in [-0.4, -0.2) is 56.7 Å². The maximum absolute atomic E-state index is 5.66. The predicted octanol–water partition coefficient (Wildman–Crippen LogP) is 2.33. The fourth-order valence-corrected chi connectivity index (χ4v) is 2.83. The number of nitrogens with one attached hydrogen (secondary N) is 2. The Kier molecular flexibility index (Phi) is 10.0. The van der Waals surface area contributed by atoms with Crippen molar-refractivity contribution in [3.05, 3.63) is 30.3 Å². The molecular weight excluding hydrogens is 403 g/mol. The summed E-state index contributed by atoms with van der Waals surface area (Å²) in [5.74, 6) is 1.75. The van der Waals surface area contributed by atoms with Crippen molar-refractivity contribution in [2.24, 2.45) is 4.99 Å². The number of aliphatic imine (C=N–C) groups is 1. The number of likely N-dealkylation sites (N-methyl/N-ethyl adjacent to an activating group) is 1. The minimum absolute atomic E-state index is 0. The predicted molar refractivity (Wildman–Crippen MR) is 107 cm³/mol. The average molecular weight is 432 g/mol. The third kappa shape index (κ3) is 6.95. The van der Waals surface area contributed by atoms with Gasteiger partial charge in [-0.15, -0.1) is 24.0 Å². The molecule has 6 heteroatoms. The van der Waals surface area contributed by atoms with Crippen molar-refractivity contribution in [2.45, 2.75) is 25.8 Å². The normalized spacial score (nSPS) is 18.3. The number of hydrogen-bond acceptors (Lipinski definition) is 3. The smallest absolute Gasteiger partial charge is 0.191 e. The van der Waals surface area contributed by atoms with Crippen LogP contribution in [0, 0.1) is 0 Å². The van der Waals surface area contributed by atoms with Crippen LogP contribution >= 0.6 is 24.0 Å². The Bertz CT molecular complexity index is 455. The summed E-state index contributed by atoms with van der Waals surface area (Å²) in [4.78, 5) is 6.79. The molecule has 1 fully saturated rings. The Morgan fingerprint density at radius 3 is 2.78 bits per heavy atom. The van der Waals surface area contributed by atoms with Crippen LogP contribution in [0.25, 0.3) is 0 Å². The van der Waals surface area contributed by atoms with Gasteiger partial charge in [0.15, 0.2) is 5.96 Å². The van der Waals surface area contributed by atoms with Crippen molar-refractivity contribution in [1.29, 1.82) is 0 Å². The van der Waals surface area contributed by atoms with Gasteiger partial charge in [-0.1, -0.05) is 25.1 Å². The average Bonchev–Trinajstić information content (AvgIpc) is 3.02. The standard InChI is InChI=1S/C17H28N4O.HI/c1-3-21-12-7-8-15(21)14-20-17(18-2)19-11-13-22-16-9-5-4-6-10-16;/h4-6,9-10,15H,3,7-8,11-14H2,1-2H3,(H2,18,19,20);1H. The van der Waals surface area contributed by atoms with Gasteiger partial charge in [-0.3, -0.25) is 9.89 Å². The Morgan fingerprint density at radius 1 is 1.30 bits per heavy atom. The van der Waals surface area contributed by atoms with Crippen LogP contribution in [-0.2, 0) is 0 Å². The van der Waals surface area contributed by atoms with Crippen LogP contribution in [0.2, 0.25) is 0 Å². The molecular formula is C17H29IN4O. The maximum atomic E-state index is 5.66. The maximum Gasteiger partial charge on any atom is 0.191 e. The first kappa shape index (κ1) is 20.0. The van der Waals surface area contributed by atoms with E-state index in [4.69, 9.17) is 4.74 Å². The summed E-state index contributed by atoms with van der Waals surface area (Å²) < 4.78 is 5.66. The number of para-hydroxylation sites is 1. The summed E-state index contributed by atoms with van der Waals surface area (Å²) in [6, 6.07) is 10.5. The lowest BCUT2D eigenvalue weighted by Crippen LogP contribution is -2.45. The summed E-state index contributed by atoms with van der Waals surface area (Å²) in [7, 11) is 1.81. The first-order valence-corrected chi connectivity index (χ1v) is 8.20. The number of ether oxygens (including phenoxy) is 1. The highest BCUT2D eigenvalue weighted by molar-refractivity contribution is 14.0. The third-order valence-electron chi connectivity index (χ3n) is 4.04. The second-order valence-corrected chi connectivity index (χ2v) is 5.47. The molecule has 0 amide bonds. The first-order chi connectivity index (χ1) is 10.8. The first-order valence-electron chi connectivity index (χ1n) is 8.20. The fourth-order valence-electron chi connectivity index (χ4n) is 2.83. The van der Waals surface area contributed by atoms with E-state index in [1.165, 1.54) is 19.4 Å². The SMILES string of the molecule is CCN1CCCC1CNC(=NC)NCCOc1ccccc1.I. The molecule has 0 saturated carbocycles. The second-order valence-electron chi connectivity index (χ2n) is 5.47. The zero-order valence-electron chi connectivity index (χ0n) is 14.1. The van der Waals surface area contributed by atoms with Gasteiger partial charge in [0.25, 0.3) is 0 Å². The van der Waals surface area contributed by atoms with Crippen LogP contribution in [0.5, 0.6) is 5.75 Å². The zero-order chi connectivity index (χ0) is 15.6. The van der Waals surface area contributed by atoms with Gasteiger partial charge >= 0.3 is 0 Å². The van der Waals surface area contributed by atoms with Gasteiger partial charge < -0.3 is 15.4 Å². The number of nitrogens with zero attached hydrogens (tertiary/aromatic N) is 2. The molecule has 23 heavy (non-hydrogen) atoms. The van der Waals surface area contributed by atoms with E-state index in [1.54, 1.807) is 7.05 Å². The fraction of sp³-hybridized carbons (Fsp3) is 0.588. The molecule has 0 aliphatic carbocycles. The molecule has 1 aliphatic heterocycles. The molecule has 1 aliphatic rings. The van der Waals surface area contributed by atoms with Crippen molar-refractivity contribution in [1.82, 2.24) is 15.5 Å². The van der Waals surface area contributed by atoms with Gasteiger partial charge in [-0.2, -0.15) is 0 Å². The summed E-state index contributed by atoms with van der Waals surface area (Å²) in [6.45, 7) is 6.88. The number of hydrogen-bond donors (Lipinski definition) is 2. The molecule has 1 saturated heterocycles. The molecule has 5 nitrogen and oxygen atoms in total. The zero-order valence-corrected chi connectivity index (χ0v) is 16.5. The quantitative estimate of drug-likeness (QED) is 0.301. The minimum atomic E-state index is 0. The van der Waals surface area contributed by atoms with Crippen molar-refractivity contribution < 1.29 is 4.74 Å². The molecule has 130 valence electrons. The number of rotatable bonds is 7. The van der Waals surface area contributed by atoms with Gasteiger partial charge in [0.2, 0.25) is 0 Å². The Morgan fingerprint density at radius 2 is 2.09 bits per heavy atom. The third-order valence-corrected chi connectivity index (χ3v) is 4.04. The summed E-state index contributed by atoms with van der Waals surface area (Å²) in [5.41, 5.74) is 0. The molecule has 1 aromatic rings. The van der Waals surface area contributed by atoms with Crippen LogP contribution in [0.15, 0.2) is 35.3 Å². The monoisotopic (exact) mass is 432 g/mol. The van der Waals surface area contributed by atoms with E-state index in [2.05, 4.69) is 27.4 Å². The summed E-state index contributed by atoms with van der Waals surface area (Å²) >= 11 is 0. The summed E-state index contributed by atoms with van der Waals surface area (Å²) in [6.07, 6.45) is 2.58. The largest absolute Gasteiger partial charge is 0.492 e. The highest BCUT2D eigenvalue weighted by atomic mass is 127. The van der Waals surface area contributed by atoms with Crippen LogP contribution in [0.1, 0.15) is 19.8 Å². The molecule has 0 bridgehead atoms. The topological polar surface area (TPSA) is 48.9 Å². The van der Waals surface area contributed by atoms with E-state index in [9.17, 15) is 0 Å². The van der Waals surface area contributed by atoms with Gasteiger partial charge in [0, 0.05) is 19.6 Å². The van der Waals surface area contributed by atoms with Crippen molar-refractivity contribution in [2.75, 3.05) is 39.8 Å². The van der Waals surface area contributed by atoms with E-state index < -0.39 is 0 Å².